The number of esters is 1. The van der Waals surface area contributed by atoms with Gasteiger partial charge in [-0.2, -0.15) is 15.0 Å². The third-order valence-electron chi connectivity index (χ3n) is 3.58. The molecule has 9 heteroatoms. The second-order valence-electron chi connectivity index (χ2n) is 5.61. The number of rotatable bonds is 10. The van der Waals surface area contributed by atoms with Crippen molar-refractivity contribution in [3.8, 4) is 6.01 Å². The Morgan fingerprint density at radius 3 is 2.69 bits per heavy atom. The zero-order valence-corrected chi connectivity index (χ0v) is 14.7. The van der Waals surface area contributed by atoms with Crippen molar-refractivity contribution in [1.82, 2.24) is 15.0 Å². The van der Waals surface area contributed by atoms with Crippen LogP contribution in [0.1, 0.15) is 36.0 Å². The number of nitrogens with two attached hydrogens (primary N) is 1. The number of hydrogen-bond donors (Lipinski definition) is 4. The Labute approximate surface area is 152 Å². The van der Waals surface area contributed by atoms with Crippen LogP contribution in [0.2, 0.25) is 0 Å². The van der Waals surface area contributed by atoms with Gasteiger partial charge >= 0.3 is 12.0 Å². The fourth-order valence-corrected chi connectivity index (χ4v) is 2.29. The zero-order chi connectivity index (χ0) is 18.8. The van der Waals surface area contributed by atoms with Gasteiger partial charge in [-0.15, -0.1) is 0 Å². The number of carbonyl (C=O) groups excluding carboxylic acids is 1. The van der Waals surface area contributed by atoms with Gasteiger partial charge in [-0.25, -0.2) is 4.79 Å². The van der Waals surface area contributed by atoms with E-state index >= 15 is 0 Å². The van der Waals surface area contributed by atoms with Gasteiger partial charge in [0, 0.05) is 12.2 Å². The van der Waals surface area contributed by atoms with Gasteiger partial charge in [0.15, 0.2) is 0 Å². The van der Waals surface area contributed by atoms with Gasteiger partial charge in [0.1, 0.15) is 0 Å². The first-order valence-corrected chi connectivity index (χ1v) is 8.46. The molecule has 0 aliphatic rings. The van der Waals surface area contributed by atoms with Crippen molar-refractivity contribution in [3.63, 3.8) is 0 Å². The molecular formula is C17H24N6O3. The Hall–Kier alpha value is -2.94. The van der Waals surface area contributed by atoms with Crippen LogP contribution in [-0.4, -0.2) is 46.2 Å². The molecular weight excluding hydrogens is 336 g/mol. The van der Waals surface area contributed by atoms with Crippen molar-refractivity contribution in [3.05, 3.63) is 29.8 Å². The third-order valence-corrected chi connectivity index (χ3v) is 3.58. The van der Waals surface area contributed by atoms with Gasteiger partial charge in [0.05, 0.1) is 12.7 Å². The monoisotopic (exact) mass is 360 g/mol. The minimum atomic E-state index is -0.441. The molecule has 26 heavy (non-hydrogen) atoms. The molecule has 0 saturated carbocycles. The molecule has 0 spiro atoms. The van der Waals surface area contributed by atoms with Crippen molar-refractivity contribution < 1.29 is 14.6 Å². The van der Waals surface area contributed by atoms with Crippen LogP contribution in [0.5, 0.6) is 6.01 Å². The van der Waals surface area contributed by atoms with Crippen LogP contribution >= 0.6 is 0 Å². The maximum Gasteiger partial charge on any atom is 0.337 e. The van der Waals surface area contributed by atoms with Gasteiger partial charge < -0.3 is 26.2 Å². The standard InChI is InChI=1S/C17H24N6O3/c1-26-14(24)12-7-6-8-13(11-12)20-16-21-15(22-17(25)23-16)19-10-5-3-2-4-9-18/h6-8,11H,2-5,9-10,18H2,1H3,(H3,19,20,21,22,23,25). The van der Waals surface area contributed by atoms with Crippen molar-refractivity contribution in [2.24, 2.45) is 5.73 Å². The predicted molar refractivity (Wildman–Crippen MR) is 98.6 cm³/mol. The van der Waals surface area contributed by atoms with E-state index in [-0.39, 0.29) is 11.9 Å². The van der Waals surface area contributed by atoms with Gasteiger partial charge in [-0.05, 0) is 37.6 Å². The average Bonchev–Trinajstić information content (AvgIpc) is 2.63. The second-order valence-corrected chi connectivity index (χ2v) is 5.61. The quantitative estimate of drug-likeness (QED) is 0.370. The first-order chi connectivity index (χ1) is 12.6. The number of nitrogens with zero attached hydrogens (tertiary/aromatic N) is 3. The molecule has 1 aromatic heterocycles. The van der Waals surface area contributed by atoms with Gasteiger partial charge in [-0.1, -0.05) is 18.9 Å². The molecule has 0 radical (unpaired) electrons. The summed E-state index contributed by atoms with van der Waals surface area (Å²) in [4.78, 5) is 23.5. The number of nitrogens with one attached hydrogen (secondary N) is 2. The van der Waals surface area contributed by atoms with Crippen LogP contribution in [-0.2, 0) is 4.74 Å². The number of unbranched alkanes of at least 4 members (excludes halogenated alkanes) is 3. The van der Waals surface area contributed by atoms with E-state index < -0.39 is 12.0 Å². The molecule has 2 rings (SSSR count). The van der Waals surface area contributed by atoms with E-state index in [9.17, 15) is 9.90 Å². The Balaban J connectivity index is 1.97. The highest BCUT2D eigenvalue weighted by Crippen LogP contribution is 2.18. The second kappa shape index (κ2) is 10.1. The molecule has 140 valence electrons. The Morgan fingerprint density at radius 1 is 1.15 bits per heavy atom. The molecule has 0 aliphatic heterocycles. The number of anilines is 3. The lowest BCUT2D eigenvalue weighted by atomic mass is 10.2. The molecule has 9 nitrogen and oxygen atoms in total. The summed E-state index contributed by atoms with van der Waals surface area (Å²) >= 11 is 0. The van der Waals surface area contributed by atoms with Crippen molar-refractivity contribution >= 4 is 23.6 Å². The van der Waals surface area contributed by atoms with Crippen molar-refractivity contribution in [1.29, 1.82) is 0 Å². The summed E-state index contributed by atoms with van der Waals surface area (Å²) in [7, 11) is 1.32. The number of aromatic nitrogens is 3. The van der Waals surface area contributed by atoms with Gasteiger partial charge in [0.25, 0.3) is 0 Å². The van der Waals surface area contributed by atoms with Crippen LogP contribution < -0.4 is 16.4 Å². The zero-order valence-electron chi connectivity index (χ0n) is 14.7. The number of hydrogen-bond acceptors (Lipinski definition) is 9. The lowest BCUT2D eigenvalue weighted by molar-refractivity contribution is 0.0601. The van der Waals surface area contributed by atoms with E-state index in [2.05, 4.69) is 25.6 Å². The first-order valence-electron chi connectivity index (χ1n) is 8.46. The summed E-state index contributed by atoms with van der Waals surface area (Å²) in [5.74, 6) is 0.0113. The number of methoxy groups -OCH3 is 1. The number of ether oxygens (including phenoxy) is 1. The first kappa shape index (κ1) is 19.4. The van der Waals surface area contributed by atoms with Gasteiger partial charge in [0.2, 0.25) is 11.9 Å². The molecule has 0 bridgehead atoms. The highest BCUT2D eigenvalue weighted by atomic mass is 16.5. The molecule has 1 heterocycles. The van der Waals surface area contributed by atoms with E-state index in [0.717, 1.165) is 25.7 Å². The normalized spacial score (nSPS) is 10.4. The largest absolute Gasteiger partial charge is 0.479 e. The molecule has 0 amide bonds. The highest BCUT2D eigenvalue weighted by Gasteiger charge is 2.09. The molecule has 2 aromatic rings. The fraction of sp³-hybridized carbons (Fsp3) is 0.412. The molecule has 0 aliphatic carbocycles. The third kappa shape index (κ3) is 6.17. The van der Waals surface area contributed by atoms with E-state index in [1.165, 1.54) is 7.11 Å². The molecule has 1 aromatic carbocycles. The van der Waals surface area contributed by atoms with Crippen molar-refractivity contribution in [2.75, 3.05) is 30.8 Å². The summed E-state index contributed by atoms with van der Waals surface area (Å²) in [6.07, 6.45) is 4.12. The van der Waals surface area contributed by atoms with Crippen LogP contribution in [0.3, 0.4) is 0 Å². The minimum absolute atomic E-state index is 0.171. The maximum atomic E-state index is 11.6. The van der Waals surface area contributed by atoms with Crippen molar-refractivity contribution in [2.45, 2.75) is 25.7 Å². The summed E-state index contributed by atoms with van der Waals surface area (Å²) in [5.41, 5.74) is 6.45. The van der Waals surface area contributed by atoms with Gasteiger partial charge in [-0.3, -0.25) is 0 Å². The van der Waals surface area contributed by atoms with E-state index in [1.54, 1.807) is 24.3 Å². The predicted octanol–water partition coefficient (Wildman–Crippen LogP) is 2.04. The number of aromatic hydroxyl groups is 1. The van der Waals surface area contributed by atoms with E-state index in [0.29, 0.717) is 24.3 Å². The molecule has 5 N–H and O–H groups in total. The van der Waals surface area contributed by atoms with E-state index in [1.807, 2.05) is 0 Å². The Kier molecular flexibility index (Phi) is 7.56. The maximum absolute atomic E-state index is 11.6. The number of benzene rings is 1. The summed E-state index contributed by atoms with van der Waals surface area (Å²) in [6.45, 7) is 1.40. The SMILES string of the molecule is COC(=O)c1cccc(Nc2nc(O)nc(NCCCCCCN)n2)c1. The fourth-order valence-electron chi connectivity index (χ4n) is 2.29. The molecule has 0 unspecified atom stereocenters. The Morgan fingerprint density at radius 2 is 1.92 bits per heavy atom. The minimum Gasteiger partial charge on any atom is -0.479 e. The topological polar surface area (TPSA) is 135 Å². The lowest BCUT2D eigenvalue weighted by Gasteiger charge is -2.09. The Bertz CT molecular complexity index is 725. The summed E-state index contributed by atoms with van der Waals surface area (Å²) in [5, 5.41) is 15.7. The van der Waals surface area contributed by atoms with Crippen LogP contribution in [0.4, 0.5) is 17.6 Å². The molecule has 0 atom stereocenters. The number of carbonyl (C=O) groups is 1. The molecule has 0 saturated heterocycles. The van der Waals surface area contributed by atoms with E-state index in [4.69, 9.17) is 10.5 Å². The smallest absolute Gasteiger partial charge is 0.337 e. The molecule has 0 fully saturated rings. The average molecular weight is 360 g/mol. The summed E-state index contributed by atoms with van der Waals surface area (Å²) < 4.78 is 4.69. The van der Waals surface area contributed by atoms with Crippen LogP contribution in [0, 0.1) is 0 Å². The lowest BCUT2D eigenvalue weighted by Crippen LogP contribution is -2.08. The highest BCUT2D eigenvalue weighted by molar-refractivity contribution is 5.90. The van der Waals surface area contributed by atoms with Crippen LogP contribution in [0.25, 0.3) is 0 Å². The summed E-state index contributed by atoms with van der Waals surface area (Å²) in [6, 6.07) is 6.31. The van der Waals surface area contributed by atoms with Crippen LogP contribution in [0.15, 0.2) is 24.3 Å².